The predicted molar refractivity (Wildman–Crippen MR) is 97.6 cm³/mol. The third-order valence-corrected chi connectivity index (χ3v) is 5.36. The number of rotatable bonds is 7. The number of ether oxygens (including phenoxy) is 1. The van der Waals surface area contributed by atoms with Gasteiger partial charge >= 0.3 is 0 Å². The van der Waals surface area contributed by atoms with E-state index in [1.807, 2.05) is 13.0 Å². The Balaban J connectivity index is 1.95. The van der Waals surface area contributed by atoms with Gasteiger partial charge in [-0.05, 0) is 36.8 Å². The van der Waals surface area contributed by atoms with Crippen molar-refractivity contribution in [3.8, 4) is 5.75 Å². The molecule has 0 aliphatic heterocycles. The van der Waals surface area contributed by atoms with Crippen LogP contribution in [0.3, 0.4) is 0 Å². The maximum absolute atomic E-state index is 12.2. The minimum atomic E-state index is -3.77. The normalized spacial score (nSPS) is 11.2. The zero-order valence-electron chi connectivity index (χ0n) is 13.9. The molecule has 1 amide bonds. The highest BCUT2D eigenvalue weighted by molar-refractivity contribution is 7.89. The lowest BCUT2D eigenvalue weighted by atomic mass is 10.2. The maximum atomic E-state index is 12.2. The molecule has 8 heteroatoms. The van der Waals surface area contributed by atoms with Crippen molar-refractivity contribution in [2.45, 2.75) is 18.2 Å². The second kappa shape index (κ2) is 8.33. The van der Waals surface area contributed by atoms with Crippen LogP contribution in [0.1, 0.15) is 12.0 Å². The van der Waals surface area contributed by atoms with Gasteiger partial charge in [0.1, 0.15) is 10.6 Å². The Kier molecular flexibility index (Phi) is 6.41. The van der Waals surface area contributed by atoms with Crippen LogP contribution in [0, 0.1) is 6.92 Å². The van der Waals surface area contributed by atoms with Gasteiger partial charge in [-0.1, -0.05) is 29.8 Å². The van der Waals surface area contributed by atoms with Crippen LogP contribution in [-0.2, 0) is 14.8 Å². The molecule has 0 fully saturated rings. The number of amides is 1. The van der Waals surface area contributed by atoms with Gasteiger partial charge in [0.2, 0.25) is 15.9 Å². The van der Waals surface area contributed by atoms with Gasteiger partial charge in [-0.15, -0.1) is 0 Å². The summed E-state index contributed by atoms with van der Waals surface area (Å²) >= 11 is 5.89. The fourth-order valence-corrected chi connectivity index (χ4v) is 3.72. The SMILES string of the molecule is COc1ccc(C)cc1NC(=O)CCNS(=O)(=O)c1ccccc1Cl. The zero-order valence-corrected chi connectivity index (χ0v) is 15.4. The molecule has 6 nitrogen and oxygen atoms in total. The molecule has 0 unspecified atom stereocenters. The van der Waals surface area contributed by atoms with E-state index in [4.69, 9.17) is 16.3 Å². The highest BCUT2D eigenvalue weighted by Crippen LogP contribution is 2.25. The largest absolute Gasteiger partial charge is 0.495 e. The molecule has 0 saturated carbocycles. The number of nitrogens with one attached hydrogen (secondary N) is 2. The average molecular weight is 383 g/mol. The number of hydrogen-bond donors (Lipinski definition) is 2. The number of anilines is 1. The molecule has 0 radical (unpaired) electrons. The number of aryl methyl sites for hydroxylation is 1. The fourth-order valence-electron chi connectivity index (χ4n) is 2.17. The molecule has 0 saturated heterocycles. The summed E-state index contributed by atoms with van der Waals surface area (Å²) in [5.41, 5.74) is 1.51. The van der Waals surface area contributed by atoms with Crippen LogP contribution in [0.4, 0.5) is 5.69 Å². The van der Waals surface area contributed by atoms with Crippen molar-refractivity contribution in [2.24, 2.45) is 0 Å². The molecule has 0 heterocycles. The lowest BCUT2D eigenvalue weighted by molar-refractivity contribution is -0.116. The molecule has 2 aromatic carbocycles. The molecule has 0 bridgehead atoms. The summed E-state index contributed by atoms with van der Waals surface area (Å²) in [5.74, 6) is 0.210. The number of halogens is 1. The van der Waals surface area contributed by atoms with Gasteiger partial charge < -0.3 is 10.1 Å². The van der Waals surface area contributed by atoms with Crippen LogP contribution in [0.5, 0.6) is 5.75 Å². The van der Waals surface area contributed by atoms with Crippen LogP contribution >= 0.6 is 11.6 Å². The number of sulfonamides is 1. The van der Waals surface area contributed by atoms with Crippen LogP contribution in [0.15, 0.2) is 47.4 Å². The maximum Gasteiger partial charge on any atom is 0.242 e. The summed E-state index contributed by atoms with van der Waals surface area (Å²) in [6.07, 6.45) is -0.0270. The summed E-state index contributed by atoms with van der Waals surface area (Å²) in [6, 6.07) is 11.5. The Morgan fingerprint density at radius 2 is 1.92 bits per heavy atom. The van der Waals surface area contributed by atoms with Crippen molar-refractivity contribution in [2.75, 3.05) is 19.0 Å². The van der Waals surface area contributed by atoms with Crippen molar-refractivity contribution >= 4 is 33.2 Å². The minimum absolute atomic E-state index is 0.0163. The Hall–Kier alpha value is -2.09. The smallest absolute Gasteiger partial charge is 0.242 e. The molecule has 0 atom stereocenters. The van der Waals surface area contributed by atoms with E-state index in [1.165, 1.54) is 19.2 Å². The lowest BCUT2D eigenvalue weighted by Gasteiger charge is -2.11. The molecule has 0 aromatic heterocycles. The summed E-state index contributed by atoms with van der Waals surface area (Å²) in [5, 5.41) is 2.84. The van der Waals surface area contributed by atoms with E-state index in [9.17, 15) is 13.2 Å². The number of carbonyl (C=O) groups excluding carboxylic acids is 1. The Labute approximate surface area is 152 Å². The molecular weight excluding hydrogens is 364 g/mol. The lowest BCUT2D eigenvalue weighted by Crippen LogP contribution is -2.28. The number of hydrogen-bond acceptors (Lipinski definition) is 4. The van der Waals surface area contributed by atoms with E-state index in [0.717, 1.165) is 5.56 Å². The molecule has 25 heavy (non-hydrogen) atoms. The second-order valence-corrected chi connectivity index (χ2v) is 7.47. The number of methoxy groups -OCH3 is 1. The second-order valence-electron chi connectivity index (χ2n) is 5.33. The first-order chi connectivity index (χ1) is 11.8. The highest BCUT2D eigenvalue weighted by Gasteiger charge is 2.17. The zero-order chi connectivity index (χ0) is 18.4. The van der Waals surface area contributed by atoms with Gasteiger partial charge in [0.05, 0.1) is 17.8 Å². The van der Waals surface area contributed by atoms with Gasteiger partial charge in [0.25, 0.3) is 0 Å². The van der Waals surface area contributed by atoms with Gasteiger partial charge in [-0.3, -0.25) is 4.79 Å². The van der Waals surface area contributed by atoms with Crippen molar-refractivity contribution in [1.82, 2.24) is 4.72 Å². The van der Waals surface area contributed by atoms with E-state index in [1.54, 1.807) is 24.3 Å². The van der Waals surface area contributed by atoms with Crippen molar-refractivity contribution < 1.29 is 17.9 Å². The first-order valence-electron chi connectivity index (χ1n) is 7.52. The van der Waals surface area contributed by atoms with Gasteiger partial charge in [0, 0.05) is 13.0 Å². The third-order valence-electron chi connectivity index (χ3n) is 3.40. The Morgan fingerprint density at radius 3 is 2.60 bits per heavy atom. The number of benzene rings is 2. The summed E-state index contributed by atoms with van der Waals surface area (Å²) < 4.78 is 31.9. The Morgan fingerprint density at radius 1 is 1.20 bits per heavy atom. The van der Waals surface area contributed by atoms with Crippen LogP contribution < -0.4 is 14.8 Å². The van der Waals surface area contributed by atoms with E-state index in [-0.39, 0.29) is 28.8 Å². The van der Waals surface area contributed by atoms with E-state index >= 15 is 0 Å². The first-order valence-corrected chi connectivity index (χ1v) is 9.38. The average Bonchev–Trinajstić information content (AvgIpc) is 2.55. The van der Waals surface area contributed by atoms with Crippen molar-refractivity contribution in [3.63, 3.8) is 0 Å². The number of carbonyl (C=O) groups is 1. The van der Waals surface area contributed by atoms with Gasteiger partial charge in [-0.25, -0.2) is 13.1 Å². The summed E-state index contributed by atoms with van der Waals surface area (Å²) in [7, 11) is -2.25. The highest BCUT2D eigenvalue weighted by atomic mass is 35.5. The van der Waals surface area contributed by atoms with Gasteiger partial charge in [-0.2, -0.15) is 0 Å². The monoisotopic (exact) mass is 382 g/mol. The fraction of sp³-hybridized carbons (Fsp3) is 0.235. The molecular formula is C17H19ClN2O4S. The standard InChI is InChI=1S/C17H19ClN2O4S/c1-12-7-8-15(24-2)14(11-12)20-17(21)9-10-19-25(22,23)16-6-4-3-5-13(16)18/h3-8,11,19H,9-10H2,1-2H3,(H,20,21). The van der Waals surface area contributed by atoms with Crippen LogP contribution in [0.2, 0.25) is 5.02 Å². The molecule has 0 aliphatic carbocycles. The van der Waals surface area contributed by atoms with Gasteiger partial charge in [0.15, 0.2) is 0 Å². The summed E-state index contributed by atoms with van der Waals surface area (Å²) in [4.78, 5) is 12.0. The molecule has 2 aromatic rings. The van der Waals surface area contributed by atoms with Crippen molar-refractivity contribution in [3.05, 3.63) is 53.1 Å². The molecule has 0 spiro atoms. The minimum Gasteiger partial charge on any atom is -0.495 e. The molecule has 0 aliphatic rings. The molecule has 2 N–H and O–H groups in total. The molecule has 134 valence electrons. The third kappa shape index (κ3) is 5.19. The molecule has 2 rings (SSSR count). The Bertz CT molecular complexity index is 869. The van der Waals surface area contributed by atoms with E-state index in [2.05, 4.69) is 10.0 Å². The van der Waals surface area contributed by atoms with E-state index < -0.39 is 10.0 Å². The predicted octanol–water partition coefficient (Wildman–Crippen LogP) is 2.96. The topological polar surface area (TPSA) is 84.5 Å². The van der Waals surface area contributed by atoms with Crippen LogP contribution in [-0.4, -0.2) is 28.0 Å². The van der Waals surface area contributed by atoms with Crippen molar-refractivity contribution in [1.29, 1.82) is 0 Å². The summed E-state index contributed by atoms with van der Waals surface area (Å²) in [6.45, 7) is 1.85. The quantitative estimate of drug-likeness (QED) is 0.771. The first kappa shape index (κ1) is 19.2. The van der Waals surface area contributed by atoms with E-state index in [0.29, 0.717) is 11.4 Å². The van der Waals surface area contributed by atoms with Crippen LogP contribution in [0.25, 0.3) is 0 Å².